The van der Waals surface area contributed by atoms with E-state index in [9.17, 15) is 0 Å². The highest BCUT2D eigenvalue weighted by Crippen LogP contribution is 2.13. The van der Waals surface area contributed by atoms with Crippen molar-refractivity contribution in [2.75, 3.05) is 5.32 Å². The Kier molecular flexibility index (Phi) is 4.11. The molecule has 2 unspecified atom stereocenters. The molecule has 2 atom stereocenters. The molecule has 0 fully saturated rings. The van der Waals surface area contributed by atoms with E-state index in [1.165, 1.54) is 0 Å². The largest absolute Gasteiger partial charge is 0.367 e. The van der Waals surface area contributed by atoms with Crippen LogP contribution in [0, 0.1) is 17.2 Å². The predicted octanol–water partition coefficient (Wildman–Crippen LogP) is 2.80. The van der Waals surface area contributed by atoms with Crippen molar-refractivity contribution >= 4 is 5.82 Å². The molecule has 1 aromatic rings. The first-order chi connectivity index (χ1) is 7.17. The first kappa shape index (κ1) is 11.5. The fraction of sp³-hybridized carbons (Fsp3) is 0.500. The third-order valence-electron chi connectivity index (χ3n) is 2.76. The van der Waals surface area contributed by atoms with Crippen LogP contribution in [0.25, 0.3) is 0 Å². The van der Waals surface area contributed by atoms with E-state index >= 15 is 0 Å². The number of pyridine rings is 1. The van der Waals surface area contributed by atoms with Crippen molar-refractivity contribution in [2.45, 2.75) is 33.2 Å². The molecular formula is C12H17N3. The highest BCUT2D eigenvalue weighted by atomic mass is 15.0. The minimum absolute atomic E-state index is 0.372. The second kappa shape index (κ2) is 5.35. The van der Waals surface area contributed by atoms with Gasteiger partial charge in [-0.25, -0.2) is 4.98 Å². The number of hydrogen-bond acceptors (Lipinski definition) is 3. The molecule has 0 aliphatic heterocycles. The molecule has 0 aliphatic rings. The second-order valence-corrected chi connectivity index (χ2v) is 3.86. The summed E-state index contributed by atoms with van der Waals surface area (Å²) in [7, 11) is 0. The van der Waals surface area contributed by atoms with E-state index in [1.54, 1.807) is 18.3 Å². The number of aromatic nitrogens is 1. The quantitative estimate of drug-likeness (QED) is 0.818. The van der Waals surface area contributed by atoms with Gasteiger partial charge in [-0.15, -0.1) is 0 Å². The minimum atomic E-state index is 0.372. The first-order valence-electron chi connectivity index (χ1n) is 5.30. The average Bonchev–Trinajstić information content (AvgIpc) is 2.28. The van der Waals surface area contributed by atoms with Crippen molar-refractivity contribution in [1.29, 1.82) is 5.26 Å². The molecule has 0 spiro atoms. The van der Waals surface area contributed by atoms with Gasteiger partial charge in [0.2, 0.25) is 0 Å². The summed E-state index contributed by atoms with van der Waals surface area (Å²) in [6, 6.07) is 5.96. The van der Waals surface area contributed by atoms with E-state index in [4.69, 9.17) is 5.26 Å². The van der Waals surface area contributed by atoms with E-state index in [0.29, 0.717) is 17.5 Å². The summed E-state index contributed by atoms with van der Waals surface area (Å²) in [4.78, 5) is 4.18. The van der Waals surface area contributed by atoms with Crippen LogP contribution in [0.1, 0.15) is 32.8 Å². The Morgan fingerprint density at radius 3 is 2.87 bits per heavy atom. The van der Waals surface area contributed by atoms with Crippen molar-refractivity contribution in [3.8, 4) is 6.07 Å². The SMILES string of the molecule is CCC(C)C(C)Nc1cc(C#N)ccn1. The van der Waals surface area contributed by atoms with Crippen LogP contribution in [0.4, 0.5) is 5.82 Å². The van der Waals surface area contributed by atoms with Crippen LogP contribution in [0.3, 0.4) is 0 Å². The van der Waals surface area contributed by atoms with E-state index in [2.05, 4.69) is 37.1 Å². The molecular weight excluding hydrogens is 186 g/mol. The third kappa shape index (κ3) is 3.25. The summed E-state index contributed by atoms with van der Waals surface area (Å²) in [5.74, 6) is 1.37. The van der Waals surface area contributed by atoms with Crippen molar-refractivity contribution in [2.24, 2.45) is 5.92 Å². The van der Waals surface area contributed by atoms with Crippen LogP contribution < -0.4 is 5.32 Å². The maximum absolute atomic E-state index is 8.75. The smallest absolute Gasteiger partial charge is 0.127 e. The Morgan fingerprint density at radius 1 is 1.53 bits per heavy atom. The Hall–Kier alpha value is -1.56. The maximum Gasteiger partial charge on any atom is 0.127 e. The first-order valence-corrected chi connectivity index (χ1v) is 5.30. The van der Waals surface area contributed by atoms with Crippen molar-refractivity contribution < 1.29 is 0 Å². The Balaban J connectivity index is 2.68. The van der Waals surface area contributed by atoms with Gasteiger partial charge < -0.3 is 5.32 Å². The highest BCUT2D eigenvalue weighted by Gasteiger charge is 2.10. The lowest BCUT2D eigenvalue weighted by Gasteiger charge is -2.20. The molecule has 0 amide bonds. The molecule has 15 heavy (non-hydrogen) atoms. The zero-order chi connectivity index (χ0) is 11.3. The number of nitrogens with one attached hydrogen (secondary N) is 1. The summed E-state index contributed by atoms with van der Waals surface area (Å²) >= 11 is 0. The molecule has 0 saturated carbocycles. The Morgan fingerprint density at radius 2 is 2.27 bits per heavy atom. The Labute approximate surface area is 91.1 Å². The summed E-state index contributed by atoms with van der Waals surface area (Å²) in [6.07, 6.45) is 2.79. The number of hydrogen-bond donors (Lipinski definition) is 1. The van der Waals surface area contributed by atoms with Crippen molar-refractivity contribution in [3.05, 3.63) is 23.9 Å². The van der Waals surface area contributed by atoms with Gasteiger partial charge in [0.05, 0.1) is 11.6 Å². The zero-order valence-corrected chi connectivity index (χ0v) is 9.49. The minimum Gasteiger partial charge on any atom is -0.367 e. The van der Waals surface area contributed by atoms with Gasteiger partial charge in [0.25, 0.3) is 0 Å². The van der Waals surface area contributed by atoms with Crippen LogP contribution in [-0.4, -0.2) is 11.0 Å². The normalized spacial score (nSPS) is 14.0. The van der Waals surface area contributed by atoms with Gasteiger partial charge in [-0.3, -0.25) is 0 Å². The molecule has 0 radical (unpaired) electrons. The van der Waals surface area contributed by atoms with E-state index < -0.39 is 0 Å². The lowest BCUT2D eigenvalue weighted by atomic mass is 10.0. The fourth-order valence-electron chi connectivity index (χ4n) is 1.31. The van der Waals surface area contributed by atoms with Crippen LogP contribution in [-0.2, 0) is 0 Å². The van der Waals surface area contributed by atoms with Crippen LogP contribution in [0.2, 0.25) is 0 Å². The van der Waals surface area contributed by atoms with E-state index in [0.717, 1.165) is 12.2 Å². The summed E-state index contributed by atoms with van der Waals surface area (Å²) in [5.41, 5.74) is 0.642. The number of anilines is 1. The summed E-state index contributed by atoms with van der Waals surface area (Å²) in [5, 5.41) is 12.1. The third-order valence-corrected chi connectivity index (χ3v) is 2.76. The van der Waals surface area contributed by atoms with Gasteiger partial charge in [-0.05, 0) is 25.0 Å². The number of rotatable bonds is 4. The molecule has 80 valence electrons. The molecule has 3 nitrogen and oxygen atoms in total. The second-order valence-electron chi connectivity index (χ2n) is 3.86. The molecule has 1 N–H and O–H groups in total. The van der Waals surface area contributed by atoms with Gasteiger partial charge in [0.15, 0.2) is 0 Å². The summed E-state index contributed by atoms with van der Waals surface area (Å²) < 4.78 is 0. The van der Waals surface area contributed by atoms with Gasteiger partial charge in [-0.2, -0.15) is 5.26 Å². The molecule has 0 aliphatic carbocycles. The predicted molar refractivity (Wildman–Crippen MR) is 61.5 cm³/mol. The number of nitrogens with zero attached hydrogens (tertiary/aromatic N) is 2. The highest BCUT2D eigenvalue weighted by molar-refractivity contribution is 5.42. The average molecular weight is 203 g/mol. The molecule has 0 aromatic carbocycles. The molecule has 1 heterocycles. The van der Waals surface area contributed by atoms with Gasteiger partial charge >= 0.3 is 0 Å². The standard InChI is InChI=1S/C12H17N3/c1-4-9(2)10(3)15-12-7-11(8-13)5-6-14-12/h5-7,9-10H,4H2,1-3H3,(H,14,15). The molecule has 0 saturated heterocycles. The summed E-state index contributed by atoms with van der Waals surface area (Å²) in [6.45, 7) is 6.50. The Bertz CT molecular complexity index is 354. The zero-order valence-electron chi connectivity index (χ0n) is 9.49. The topological polar surface area (TPSA) is 48.7 Å². The molecule has 1 aromatic heterocycles. The fourth-order valence-corrected chi connectivity index (χ4v) is 1.31. The van der Waals surface area contributed by atoms with E-state index in [-0.39, 0.29) is 0 Å². The lowest BCUT2D eigenvalue weighted by molar-refractivity contribution is 0.493. The van der Waals surface area contributed by atoms with Crippen molar-refractivity contribution in [3.63, 3.8) is 0 Å². The maximum atomic E-state index is 8.75. The molecule has 3 heteroatoms. The number of nitriles is 1. The van der Waals surface area contributed by atoms with Crippen molar-refractivity contribution in [1.82, 2.24) is 4.98 Å². The van der Waals surface area contributed by atoms with Crippen LogP contribution >= 0.6 is 0 Å². The molecule has 1 rings (SSSR count). The van der Waals surface area contributed by atoms with E-state index in [1.807, 2.05) is 0 Å². The van der Waals surface area contributed by atoms with Gasteiger partial charge in [0, 0.05) is 12.2 Å². The van der Waals surface area contributed by atoms with Crippen LogP contribution in [0.5, 0.6) is 0 Å². The lowest BCUT2D eigenvalue weighted by Crippen LogP contribution is -2.23. The van der Waals surface area contributed by atoms with Crippen LogP contribution in [0.15, 0.2) is 18.3 Å². The molecule has 0 bridgehead atoms. The van der Waals surface area contributed by atoms with Gasteiger partial charge in [-0.1, -0.05) is 20.3 Å². The monoisotopic (exact) mass is 203 g/mol. The van der Waals surface area contributed by atoms with Gasteiger partial charge in [0.1, 0.15) is 5.82 Å².